The molecule has 0 radical (unpaired) electrons. The van der Waals surface area contributed by atoms with E-state index in [2.05, 4.69) is 11.1 Å². The number of hydrogen-bond acceptors (Lipinski definition) is 5. The number of amides is 1. The van der Waals surface area contributed by atoms with E-state index in [4.69, 9.17) is 15.2 Å². The van der Waals surface area contributed by atoms with Gasteiger partial charge >= 0.3 is 0 Å². The molecule has 0 bridgehead atoms. The lowest BCUT2D eigenvalue weighted by Crippen LogP contribution is -2.10. The lowest BCUT2D eigenvalue weighted by atomic mass is 10.1. The van der Waals surface area contributed by atoms with Crippen LogP contribution in [0.5, 0.6) is 11.5 Å². The van der Waals surface area contributed by atoms with Crippen LogP contribution in [-0.2, 0) is 4.79 Å². The second kappa shape index (κ2) is 8.10. The van der Waals surface area contributed by atoms with Gasteiger partial charge in [-0.05, 0) is 54.9 Å². The molecule has 6 heteroatoms. The van der Waals surface area contributed by atoms with Crippen LogP contribution in [-0.4, -0.2) is 24.3 Å². The van der Waals surface area contributed by atoms with Crippen LogP contribution in [0.15, 0.2) is 52.4 Å². The Kier molecular flexibility index (Phi) is 5.63. The normalized spacial score (nSPS) is 15.2. The van der Waals surface area contributed by atoms with Crippen LogP contribution in [0.3, 0.4) is 0 Å². The Bertz CT molecular complexity index is 890. The maximum atomic E-state index is 11.8. The van der Waals surface area contributed by atoms with E-state index in [0.29, 0.717) is 23.9 Å². The number of thioether (sulfide) groups is 1. The fraction of sp³-hybridized carbons (Fsp3) is 0.200. The molecule has 0 atom stereocenters. The second-order valence-electron chi connectivity index (χ2n) is 5.87. The smallest absolute Gasteiger partial charge is 0.286 e. The first-order valence-electron chi connectivity index (χ1n) is 8.23. The molecule has 0 fully saturated rings. The van der Waals surface area contributed by atoms with Crippen LogP contribution in [0.25, 0.3) is 6.08 Å². The first-order valence-corrected chi connectivity index (χ1v) is 9.04. The first-order chi connectivity index (χ1) is 12.5. The Labute approximate surface area is 156 Å². The van der Waals surface area contributed by atoms with E-state index in [1.54, 1.807) is 6.08 Å². The average molecular weight is 368 g/mol. The van der Waals surface area contributed by atoms with Crippen molar-refractivity contribution in [2.75, 3.05) is 13.2 Å². The van der Waals surface area contributed by atoms with Gasteiger partial charge in [-0.1, -0.05) is 30.3 Å². The van der Waals surface area contributed by atoms with Gasteiger partial charge in [-0.15, -0.1) is 0 Å². The summed E-state index contributed by atoms with van der Waals surface area (Å²) in [4.78, 5) is 16.0. The fourth-order valence-electron chi connectivity index (χ4n) is 2.46. The van der Waals surface area contributed by atoms with Gasteiger partial charge in [0, 0.05) is 5.56 Å². The molecule has 1 aliphatic rings. The SMILES string of the molecule is Cc1ccc(C)c(OCCOc2ccccc2/C=C2\SC(N)=NC2=O)c1. The van der Waals surface area contributed by atoms with Crippen LogP contribution in [0, 0.1) is 13.8 Å². The van der Waals surface area contributed by atoms with Crippen molar-refractivity contribution >= 4 is 28.9 Å². The van der Waals surface area contributed by atoms with Crippen LogP contribution in [0.2, 0.25) is 0 Å². The minimum Gasteiger partial charge on any atom is -0.490 e. The molecule has 0 unspecified atom stereocenters. The third-order valence-electron chi connectivity index (χ3n) is 3.78. The molecule has 0 spiro atoms. The third kappa shape index (κ3) is 4.46. The van der Waals surface area contributed by atoms with E-state index in [1.165, 1.54) is 0 Å². The lowest BCUT2D eigenvalue weighted by molar-refractivity contribution is -0.113. The summed E-state index contributed by atoms with van der Waals surface area (Å²) in [6.45, 7) is 4.87. The topological polar surface area (TPSA) is 73.9 Å². The summed E-state index contributed by atoms with van der Waals surface area (Å²) in [5.74, 6) is 1.23. The molecule has 26 heavy (non-hydrogen) atoms. The number of para-hydroxylation sites is 1. The van der Waals surface area contributed by atoms with Crippen LogP contribution in [0.1, 0.15) is 16.7 Å². The number of rotatable bonds is 6. The lowest BCUT2D eigenvalue weighted by Gasteiger charge is -2.12. The molecular formula is C20H20N2O3S. The number of aliphatic imine (C=N–C) groups is 1. The summed E-state index contributed by atoms with van der Waals surface area (Å²) in [5, 5.41) is 0.265. The Morgan fingerprint density at radius 2 is 1.81 bits per heavy atom. The molecule has 5 nitrogen and oxygen atoms in total. The summed E-state index contributed by atoms with van der Waals surface area (Å²) in [6, 6.07) is 13.6. The van der Waals surface area contributed by atoms with E-state index < -0.39 is 0 Å². The number of ether oxygens (including phenoxy) is 2. The molecule has 0 aliphatic carbocycles. The number of carbonyl (C=O) groups excluding carboxylic acids is 1. The van der Waals surface area contributed by atoms with E-state index >= 15 is 0 Å². The Morgan fingerprint density at radius 1 is 1.08 bits per heavy atom. The summed E-state index contributed by atoms with van der Waals surface area (Å²) in [5.41, 5.74) is 8.64. The highest BCUT2D eigenvalue weighted by Crippen LogP contribution is 2.29. The minimum atomic E-state index is -0.319. The van der Waals surface area contributed by atoms with Crippen molar-refractivity contribution in [3.05, 3.63) is 64.1 Å². The van der Waals surface area contributed by atoms with E-state index in [9.17, 15) is 4.79 Å². The molecule has 2 N–H and O–H groups in total. The monoisotopic (exact) mass is 368 g/mol. The summed E-state index contributed by atoms with van der Waals surface area (Å²) < 4.78 is 11.7. The molecule has 1 amide bonds. The fourth-order valence-corrected chi connectivity index (χ4v) is 3.14. The van der Waals surface area contributed by atoms with Crippen molar-refractivity contribution in [3.8, 4) is 11.5 Å². The molecule has 0 saturated carbocycles. The van der Waals surface area contributed by atoms with Gasteiger partial charge in [0.05, 0.1) is 4.91 Å². The third-order valence-corrected chi connectivity index (χ3v) is 4.60. The average Bonchev–Trinajstić information content (AvgIpc) is 2.93. The summed E-state index contributed by atoms with van der Waals surface area (Å²) >= 11 is 1.16. The Balaban J connectivity index is 1.62. The maximum absolute atomic E-state index is 11.8. The molecular weight excluding hydrogens is 348 g/mol. The van der Waals surface area contributed by atoms with Crippen LogP contribution in [0.4, 0.5) is 0 Å². The zero-order chi connectivity index (χ0) is 18.5. The molecule has 2 aromatic rings. The quantitative estimate of drug-likeness (QED) is 0.622. The Morgan fingerprint density at radius 3 is 2.54 bits per heavy atom. The maximum Gasteiger partial charge on any atom is 0.286 e. The first kappa shape index (κ1) is 18.1. The van der Waals surface area contributed by atoms with Gasteiger partial charge in [-0.3, -0.25) is 4.79 Å². The highest BCUT2D eigenvalue weighted by atomic mass is 32.2. The molecule has 134 valence electrons. The van der Waals surface area contributed by atoms with Crippen LogP contribution >= 0.6 is 11.8 Å². The molecule has 2 aromatic carbocycles. The van der Waals surface area contributed by atoms with Gasteiger partial charge in [0.2, 0.25) is 0 Å². The molecule has 3 rings (SSSR count). The number of amidine groups is 1. The number of nitrogens with zero attached hydrogens (tertiary/aromatic N) is 1. The largest absolute Gasteiger partial charge is 0.490 e. The second-order valence-corrected chi connectivity index (χ2v) is 6.93. The number of aryl methyl sites for hydroxylation is 2. The van der Waals surface area contributed by atoms with Crippen molar-refractivity contribution in [2.45, 2.75) is 13.8 Å². The van der Waals surface area contributed by atoms with Crippen molar-refractivity contribution < 1.29 is 14.3 Å². The predicted octanol–water partition coefficient (Wildman–Crippen LogP) is 3.69. The van der Waals surface area contributed by atoms with Crippen molar-refractivity contribution in [2.24, 2.45) is 10.7 Å². The molecule has 1 aliphatic heterocycles. The predicted molar refractivity (Wildman–Crippen MR) is 106 cm³/mol. The minimum absolute atomic E-state index is 0.265. The number of hydrogen-bond donors (Lipinski definition) is 1. The van der Waals surface area contributed by atoms with Crippen molar-refractivity contribution in [1.82, 2.24) is 0 Å². The van der Waals surface area contributed by atoms with Crippen molar-refractivity contribution in [3.63, 3.8) is 0 Å². The van der Waals surface area contributed by atoms with Crippen LogP contribution < -0.4 is 15.2 Å². The number of carbonyl (C=O) groups is 1. The van der Waals surface area contributed by atoms with Gasteiger partial charge < -0.3 is 15.2 Å². The zero-order valence-corrected chi connectivity index (χ0v) is 15.5. The van der Waals surface area contributed by atoms with Crippen molar-refractivity contribution in [1.29, 1.82) is 0 Å². The van der Waals surface area contributed by atoms with E-state index in [-0.39, 0.29) is 11.1 Å². The zero-order valence-electron chi connectivity index (χ0n) is 14.7. The molecule has 1 heterocycles. The Hall–Kier alpha value is -2.73. The summed E-state index contributed by atoms with van der Waals surface area (Å²) in [7, 11) is 0. The summed E-state index contributed by atoms with van der Waals surface area (Å²) in [6.07, 6.45) is 1.75. The van der Waals surface area contributed by atoms with Gasteiger partial charge in [0.15, 0.2) is 5.17 Å². The van der Waals surface area contributed by atoms with Gasteiger partial charge in [-0.25, -0.2) is 0 Å². The number of benzene rings is 2. The van der Waals surface area contributed by atoms with Gasteiger partial charge in [0.1, 0.15) is 24.7 Å². The molecule has 0 saturated heterocycles. The number of nitrogens with two attached hydrogens (primary N) is 1. The van der Waals surface area contributed by atoms with E-state index in [1.807, 2.05) is 50.2 Å². The van der Waals surface area contributed by atoms with Gasteiger partial charge in [-0.2, -0.15) is 4.99 Å². The van der Waals surface area contributed by atoms with Gasteiger partial charge in [0.25, 0.3) is 5.91 Å². The van der Waals surface area contributed by atoms with E-state index in [0.717, 1.165) is 34.2 Å². The highest BCUT2D eigenvalue weighted by Gasteiger charge is 2.20. The highest BCUT2D eigenvalue weighted by molar-refractivity contribution is 8.18. The molecule has 0 aromatic heterocycles. The standard InChI is InChI=1S/C20H20N2O3S/c1-13-7-8-14(2)17(11-13)25-10-9-24-16-6-4-3-5-15(16)12-18-19(23)22-20(21)26-18/h3-8,11-12H,9-10H2,1-2H3,(H2,21,22,23)/b18-12-.